The summed E-state index contributed by atoms with van der Waals surface area (Å²) >= 11 is 5.90. The smallest absolute Gasteiger partial charge is 0.299 e. The van der Waals surface area contributed by atoms with Gasteiger partial charge in [-0.2, -0.15) is 4.98 Å². The van der Waals surface area contributed by atoms with E-state index in [-0.39, 0.29) is 11.9 Å². The molecule has 0 saturated carbocycles. The molecule has 1 fully saturated rings. The topological polar surface area (TPSA) is 58.4 Å². The summed E-state index contributed by atoms with van der Waals surface area (Å²) in [4.78, 5) is 19.1. The number of rotatable bonds is 5. The zero-order valence-electron chi connectivity index (χ0n) is 14.3. The Bertz CT molecular complexity index is 874. The fourth-order valence-electron chi connectivity index (χ4n) is 3.35. The van der Waals surface area contributed by atoms with Crippen LogP contribution in [-0.4, -0.2) is 30.0 Å². The van der Waals surface area contributed by atoms with E-state index in [9.17, 15) is 4.79 Å². The number of amides is 1. The van der Waals surface area contributed by atoms with Gasteiger partial charge < -0.3 is 14.6 Å². The van der Waals surface area contributed by atoms with E-state index >= 15 is 0 Å². The molecule has 0 radical (unpaired) electrons. The van der Waals surface area contributed by atoms with Crippen LogP contribution in [0.5, 0.6) is 0 Å². The van der Waals surface area contributed by atoms with Crippen LogP contribution in [0.4, 0.5) is 6.01 Å². The minimum Gasteiger partial charge on any atom is -0.423 e. The van der Waals surface area contributed by atoms with Crippen molar-refractivity contribution in [3.05, 3.63) is 59.1 Å². The van der Waals surface area contributed by atoms with Crippen LogP contribution in [0.3, 0.4) is 0 Å². The summed E-state index contributed by atoms with van der Waals surface area (Å²) < 4.78 is 5.84. The van der Waals surface area contributed by atoms with Crippen LogP contribution in [0.2, 0.25) is 5.02 Å². The van der Waals surface area contributed by atoms with E-state index in [0.29, 0.717) is 12.6 Å². The predicted octanol–water partition coefficient (Wildman–Crippen LogP) is 3.81. The normalized spacial score (nSPS) is 17.0. The lowest BCUT2D eigenvalue weighted by atomic mass is 10.1. The third kappa shape index (κ3) is 3.53. The molecule has 3 aromatic rings. The Kier molecular flexibility index (Phi) is 4.80. The summed E-state index contributed by atoms with van der Waals surface area (Å²) in [6, 6.07) is 15.7. The molecule has 1 aromatic heterocycles. The van der Waals surface area contributed by atoms with Crippen molar-refractivity contribution in [1.82, 2.24) is 10.3 Å². The van der Waals surface area contributed by atoms with Crippen LogP contribution in [0.25, 0.3) is 11.1 Å². The summed E-state index contributed by atoms with van der Waals surface area (Å²) in [7, 11) is 0. The van der Waals surface area contributed by atoms with E-state index in [1.807, 2.05) is 53.4 Å². The quantitative estimate of drug-likeness (QED) is 0.743. The van der Waals surface area contributed by atoms with E-state index in [1.165, 1.54) is 0 Å². The Morgan fingerprint density at radius 2 is 2.04 bits per heavy atom. The van der Waals surface area contributed by atoms with Gasteiger partial charge in [-0.15, -0.1) is 0 Å². The molecule has 1 saturated heterocycles. The van der Waals surface area contributed by atoms with E-state index < -0.39 is 0 Å². The fourth-order valence-corrected chi connectivity index (χ4v) is 3.48. The number of anilines is 1. The number of para-hydroxylation sites is 2. The molecule has 1 N–H and O–H groups in total. The number of oxazole rings is 1. The van der Waals surface area contributed by atoms with Crippen LogP contribution in [0.1, 0.15) is 18.4 Å². The van der Waals surface area contributed by atoms with E-state index in [1.54, 1.807) is 0 Å². The van der Waals surface area contributed by atoms with Crippen molar-refractivity contribution in [1.29, 1.82) is 0 Å². The Morgan fingerprint density at radius 3 is 2.85 bits per heavy atom. The van der Waals surface area contributed by atoms with Gasteiger partial charge in [-0.05, 0) is 49.1 Å². The molecule has 1 atom stereocenters. The molecule has 134 valence electrons. The van der Waals surface area contributed by atoms with Gasteiger partial charge in [0, 0.05) is 18.1 Å². The number of fused-ring (bicyclic) bond motifs is 1. The number of aromatic nitrogens is 1. The fraction of sp³-hybridized carbons (Fsp3) is 0.300. The lowest BCUT2D eigenvalue weighted by Gasteiger charge is -2.22. The summed E-state index contributed by atoms with van der Waals surface area (Å²) in [6.07, 6.45) is 2.54. The zero-order chi connectivity index (χ0) is 17.9. The molecule has 0 aliphatic carbocycles. The first-order chi connectivity index (χ1) is 12.7. The van der Waals surface area contributed by atoms with Crippen molar-refractivity contribution < 1.29 is 9.21 Å². The highest BCUT2D eigenvalue weighted by Gasteiger charge is 2.33. The summed E-state index contributed by atoms with van der Waals surface area (Å²) in [5.74, 6) is 0.0266. The molecule has 0 unspecified atom stereocenters. The van der Waals surface area contributed by atoms with Crippen molar-refractivity contribution in [3.63, 3.8) is 0 Å². The Labute approximate surface area is 157 Å². The number of carbonyl (C=O) groups is 1. The van der Waals surface area contributed by atoms with Crippen molar-refractivity contribution in [2.45, 2.75) is 25.3 Å². The number of halogens is 1. The van der Waals surface area contributed by atoms with Gasteiger partial charge in [0.2, 0.25) is 5.91 Å². The highest BCUT2D eigenvalue weighted by molar-refractivity contribution is 6.30. The molecular weight excluding hydrogens is 350 g/mol. The molecule has 0 bridgehead atoms. The standard InChI is InChI=1S/C20H20ClN3O2/c21-15-9-7-14(8-10-15)11-12-22-19(25)17-5-3-13-24(17)20-23-16-4-1-2-6-18(16)26-20/h1-2,4,6-10,17H,3,5,11-13H2,(H,22,25)/t17-/m1/s1. The van der Waals surface area contributed by atoms with Crippen molar-refractivity contribution in [2.75, 3.05) is 18.0 Å². The van der Waals surface area contributed by atoms with Crippen LogP contribution < -0.4 is 10.2 Å². The van der Waals surface area contributed by atoms with Gasteiger partial charge in [-0.3, -0.25) is 4.79 Å². The molecule has 0 spiro atoms. The van der Waals surface area contributed by atoms with Crippen LogP contribution in [0.15, 0.2) is 52.9 Å². The third-order valence-electron chi connectivity index (χ3n) is 4.71. The van der Waals surface area contributed by atoms with Crippen LogP contribution in [-0.2, 0) is 11.2 Å². The lowest BCUT2D eigenvalue weighted by molar-refractivity contribution is -0.122. The lowest BCUT2D eigenvalue weighted by Crippen LogP contribution is -2.44. The van der Waals surface area contributed by atoms with Crippen LogP contribution in [0, 0.1) is 0 Å². The van der Waals surface area contributed by atoms with Crippen molar-refractivity contribution >= 4 is 34.6 Å². The van der Waals surface area contributed by atoms with Gasteiger partial charge in [0.1, 0.15) is 11.6 Å². The summed E-state index contributed by atoms with van der Waals surface area (Å²) in [6.45, 7) is 1.38. The second-order valence-electron chi connectivity index (χ2n) is 6.48. The molecule has 1 amide bonds. The highest BCUT2D eigenvalue weighted by atomic mass is 35.5. The highest BCUT2D eigenvalue weighted by Crippen LogP contribution is 2.28. The Hall–Kier alpha value is -2.53. The van der Waals surface area contributed by atoms with Gasteiger partial charge in [0.15, 0.2) is 5.58 Å². The van der Waals surface area contributed by atoms with Crippen LogP contribution >= 0.6 is 11.6 Å². The molecule has 6 heteroatoms. The van der Waals surface area contributed by atoms with E-state index in [0.717, 1.165) is 47.5 Å². The van der Waals surface area contributed by atoms with Gasteiger partial charge in [-0.1, -0.05) is 35.9 Å². The van der Waals surface area contributed by atoms with Crippen molar-refractivity contribution in [2.24, 2.45) is 0 Å². The molecular formula is C20H20ClN3O2. The second-order valence-corrected chi connectivity index (χ2v) is 6.92. The molecule has 1 aliphatic heterocycles. The minimum atomic E-state index is -0.228. The zero-order valence-corrected chi connectivity index (χ0v) is 15.1. The maximum atomic E-state index is 12.6. The van der Waals surface area contributed by atoms with E-state index in [2.05, 4.69) is 10.3 Å². The monoisotopic (exact) mass is 369 g/mol. The number of nitrogens with zero attached hydrogens (tertiary/aromatic N) is 2. The molecule has 2 aromatic carbocycles. The molecule has 1 aliphatic rings. The van der Waals surface area contributed by atoms with Gasteiger partial charge in [-0.25, -0.2) is 0 Å². The number of hydrogen-bond acceptors (Lipinski definition) is 4. The number of carbonyl (C=O) groups excluding carboxylic acids is 1. The third-order valence-corrected chi connectivity index (χ3v) is 4.96. The molecule has 4 rings (SSSR count). The van der Waals surface area contributed by atoms with Gasteiger partial charge in [0.25, 0.3) is 6.01 Å². The first kappa shape index (κ1) is 16.9. The first-order valence-corrected chi connectivity index (χ1v) is 9.23. The van der Waals surface area contributed by atoms with Gasteiger partial charge in [0.05, 0.1) is 0 Å². The second kappa shape index (κ2) is 7.38. The maximum absolute atomic E-state index is 12.6. The maximum Gasteiger partial charge on any atom is 0.299 e. The molecule has 26 heavy (non-hydrogen) atoms. The average Bonchev–Trinajstić information content (AvgIpc) is 3.29. The van der Waals surface area contributed by atoms with Gasteiger partial charge >= 0.3 is 0 Å². The first-order valence-electron chi connectivity index (χ1n) is 8.85. The number of nitrogens with one attached hydrogen (secondary N) is 1. The number of hydrogen-bond donors (Lipinski definition) is 1. The van der Waals surface area contributed by atoms with Crippen molar-refractivity contribution in [3.8, 4) is 0 Å². The summed E-state index contributed by atoms with van der Waals surface area (Å²) in [5.41, 5.74) is 2.71. The predicted molar refractivity (Wildman–Crippen MR) is 103 cm³/mol. The average molecular weight is 370 g/mol. The Balaban J connectivity index is 1.39. The molecule has 2 heterocycles. The minimum absolute atomic E-state index is 0.0266. The number of benzene rings is 2. The Morgan fingerprint density at radius 1 is 1.23 bits per heavy atom. The van der Waals surface area contributed by atoms with E-state index in [4.69, 9.17) is 16.0 Å². The molecule has 5 nitrogen and oxygen atoms in total. The largest absolute Gasteiger partial charge is 0.423 e. The SMILES string of the molecule is O=C(NCCc1ccc(Cl)cc1)[C@H]1CCCN1c1nc2ccccc2o1. The summed E-state index contributed by atoms with van der Waals surface area (Å²) in [5, 5.41) is 3.76.